The summed E-state index contributed by atoms with van der Waals surface area (Å²) >= 11 is 0. The van der Waals surface area contributed by atoms with E-state index in [1.165, 1.54) is 77.9 Å². The van der Waals surface area contributed by atoms with Crippen LogP contribution in [-0.2, 0) is 10.8 Å². The highest BCUT2D eigenvalue weighted by Gasteiger charge is 2.60. The average Bonchev–Trinajstić information content (AvgIpc) is 3.58. The van der Waals surface area contributed by atoms with E-state index in [2.05, 4.69) is 157 Å². The van der Waals surface area contributed by atoms with Gasteiger partial charge >= 0.3 is 0 Å². The van der Waals surface area contributed by atoms with E-state index >= 15 is 0 Å². The highest BCUT2D eigenvalue weighted by Crippen LogP contribution is 2.69. The Bertz CT molecular complexity index is 2280. The van der Waals surface area contributed by atoms with E-state index in [-0.39, 0.29) is 0 Å². The molecule has 0 N–H and O–H groups in total. The molecule has 0 saturated heterocycles. The molecule has 1 heteroatoms. The lowest BCUT2D eigenvalue weighted by molar-refractivity contribution is 0.637. The molecule has 6 aromatic carbocycles. The third kappa shape index (κ3) is 2.65. The van der Waals surface area contributed by atoms with Crippen LogP contribution in [0.4, 0.5) is 0 Å². The Kier molecular flexibility index (Phi) is 4.64. The Morgan fingerprint density at radius 3 is 1.50 bits per heavy atom. The Morgan fingerprint density at radius 2 is 0.795 bits per heavy atom. The topological polar surface area (TPSA) is 12.9 Å². The molecule has 3 aliphatic rings. The van der Waals surface area contributed by atoms with Crippen molar-refractivity contribution in [2.75, 3.05) is 0 Å². The standard InChI is InChI=1S/C43H27N/c1-2-12-29(13-3-1)42-35-19-6-4-15-32(35)34-18-11-23-39(41(34)42)43(38-22-9-8-21-37(38)42)36-20-7-5-14-31(36)33-17-10-16-30(40(33)43)28-24-26-44-27-25-28/h1-27H. The number of nitrogens with zero attached hydrogens (tertiary/aromatic N) is 1. The van der Waals surface area contributed by atoms with Crippen LogP contribution >= 0.6 is 0 Å². The summed E-state index contributed by atoms with van der Waals surface area (Å²) in [6.45, 7) is 0. The minimum absolute atomic E-state index is 0.422. The van der Waals surface area contributed by atoms with Crippen LogP contribution < -0.4 is 0 Å². The minimum Gasteiger partial charge on any atom is -0.265 e. The first-order valence-corrected chi connectivity index (χ1v) is 15.4. The molecular formula is C43H27N. The second kappa shape index (κ2) is 8.52. The zero-order valence-electron chi connectivity index (χ0n) is 24.0. The highest BCUT2D eigenvalue weighted by atomic mass is 14.6. The van der Waals surface area contributed by atoms with Crippen LogP contribution in [0.15, 0.2) is 164 Å². The molecule has 1 spiro atoms. The van der Waals surface area contributed by atoms with Gasteiger partial charge in [-0.15, -0.1) is 0 Å². The fraction of sp³-hybridized carbons (Fsp3) is 0.0465. The molecule has 1 nitrogen and oxygen atoms in total. The van der Waals surface area contributed by atoms with Gasteiger partial charge < -0.3 is 0 Å². The van der Waals surface area contributed by atoms with Crippen LogP contribution in [0.1, 0.15) is 44.5 Å². The van der Waals surface area contributed by atoms with Crippen molar-refractivity contribution in [3.8, 4) is 33.4 Å². The fourth-order valence-electron chi connectivity index (χ4n) is 9.07. The lowest BCUT2D eigenvalue weighted by atomic mass is 9.52. The van der Waals surface area contributed by atoms with Gasteiger partial charge in [-0.25, -0.2) is 0 Å². The maximum Gasteiger partial charge on any atom is 0.0726 e. The summed E-state index contributed by atoms with van der Waals surface area (Å²) in [4.78, 5) is 4.38. The van der Waals surface area contributed by atoms with E-state index in [0.717, 1.165) is 0 Å². The number of benzene rings is 6. The zero-order valence-corrected chi connectivity index (χ0v) is 24.0. The van der Waals surface area contributed by atoms with Crippen LogP contribution in [0.5, 0.6) is 0 Å². The van der Waals surface area contributed by atoms with Gasteiger partial charge in [0.25, 0.3) is 0 Å². The van der Waals surface area contributed by atoms with Crippen molar-refractivity contribution in [1.29, 1.82) is 0 Å². The third-order valence-corrected chi connectivity index (χ3v) is 10.5. The summed E-state index contributed by atoms with van der Waals surface area (Å²) in [5.74, 6) is 0. The van der Waals surface area contributed by atoms with Crippen molar-refractivity contribution in [1.82, 2.24) is 4.98 Å². The predicted molar refractivity (Wildman–Crippen MR) is 178 cm³/mol. The summed E-state index contributed by atoms with van der Waals surface area (Å²) in [5.41, 5.74) is 17.7. The van der Waals surface area contributed by atoms with Crippen molar-refractivity contribution in [2.45, 2.75) is 10.8 Å². The number of aromatic nitrogens is 1. The zero-order chi connectivity index (χ0) is 28.9. The molecule has 0 aliphatic heterocycles. The summed E-state index contributed by atoms with van der Waals surface area (Å²) in [6.07, 6.45) is 3.82. The second-order valence-electron chi connectivity index (χ2n) is 12.2. The maximum absolute atomic E-state index is 4.38. The summed E-state index contributed by atoms with van der Waals surface area (Å²) in [7, 11) is 0. The van der Waals surface area contributed by atoms with E-state index < -0.39 is 10.8 Å². The van der Waals surface area contributed by atoms with Gasteiger partial charge in [0.15, 0.2) is 0 Å². The van der Waals surface area contributed by atoms with Crippen LogP contribution in [0, 0.1) is 0 Å². The highest BCUT2D eigenvalue weighted by molar-refractivity contribution is 5.98. The van der Waals surface area contributed by atoms with Gasteiger partial charge in [0.05, 0.1) is 10.8 Å². The molecule has 44 heavy (non-hydrogen) atoms. The van der Waals surface area contributed by atoms with Gasteiger partial charge in [-0.2, -0.15) is 0 Å². The average molecular weight is 558 g/mol. The number of rotatable bonds is 2. The molecule has 0 radical (unpaired) electrons. The maximum atomic E-state index is 4.38. The number of pyridine rings is 1. The van der Waals surface area contributed by atoms with Gasteiger partial charge in [0, 0.05) is 12.4 Å². The largest absolute Gasteiger partial charge is 0.265 e. The Hall–Kier alpha value is -5.53. The molecule has 2 unspecified atom stereocenters. The molecule has 2 atom stereocenters. The molecule has 0 amide bonds. The SMILES string of the molecule is c1ccc(C23c4ccccc4-c4cccc(c42)C2(c4ccccc4-c4cccc(-c5ccncc5)c42)c2ccccc23)cc1. The quantitative estimate of drug-likeness (QED) is 0.206. The van der Waals surface area contributed by atoms with Crippen molar-refractivity contribution in [3.05, 3.63) is 209 Å². The predicted octanol–water partition coefficient (Wildman–Crippen LogP) is 9.79. The monoisotopic (exact) mass is 557 g/mol. The van der Waals surface area contributed by atoms with Gasteiger partial charge in [-0.3, -0.25) is 4.98 Å². The number of hydrogen-bond acceptors (Lipinski definition) is 1. The molecule has 10 rings (SSSR count). The van der Waals surface area contributed by atoms with E-state index in [1.807, 2.05) is 12.4 Å². The molecule has 7 aromatic rings. The molecule has 1 heterocycles. The van der Waals surface area contributed by atoms with E-state index in [4.69, 9.17) is 0 Å². The van der Waals surface area contributed by atoms with E-state index in [1.54, 1.807) is 0 Å². The molecular weight excluding hydrogens is 530 g/mol. The summed E-state index contributed by atoms with van der Waals surface area (Å²) in [6, 6.07) is 56.9. The van der Waals surface area contributed by atoms with Crippen molar-refractivity contribution in [3.63, 3.8) is 0 Å². The number of hydrogen-bond donors (Lipinski definition) is 0. The van der Waals surface area contributed by atoms with Crippen molar-refractivity contribution >= 4 is 0 Å². The van der Waals surface area contributed by atoms with Crippen LogP contribution in [0.2, 0.25) is 0 Å². The lowest BCUT2D eigenvalue weighted by Gasteiger charge is -2.48. The first-order chi connectivity index (χ1) is 21.9. The van der Waals surface area contributed by atoms with Crippen molar-refractivity contribution < 1.29 is 0 Å². The van der Waals surface area contributed by atoms with E-state index in [9.17, 15) is 0 Å². The summed E-state index contributed by atoms with van der Waals surface area (Å²) in [5, 5.41) is 0. The minimum atomic E-state index is -0.492. The van der Waals surface area contributed by atoms with Crippen LogP contribution in [-0.4, -0.2) is 4.98 Å². The Morgan fingerprint density at radius 1 is 0.318 bits per heavy atom. The first-order valence-electron chi connectivity index (χ1n) is 15.4. The normalized spacial score (nSPS) is 19.5. The van der Waals surface area contributed by atoms with Gasteiger partial charge in [-0.1, -0.05) is 140 Å². The summed E-state index contributed by atoms with van der Waals surface area (Å²) < 4.78 is 0. The molecule has 204 valence electrons. The lowest BCUT2D eigenvalue weighted by Crippen LogP contribution is -2.43. The van der Waals surface area contributed by atoms with Gasteiger partial charge in [0.1, 0.15) is 0 Å². The molecule has 0 fully saturated rings. The third-order valence-electron chi connectivity index (χ3n) is 10.5. The van der Waals surface area contributed by atoms with Crippen molar-refractivity contribution in [2.24, 2.45) is 0 Å². The molecule has 3 aliphatic carbocycles. The second-order valence-corrected chi connectivity index (χ2v) is 12.2. The Balaban J connectivity index is 1.47. The fourth-order valence-corrected chi connectivity index (χ4v) is 9.07. The van der Waals surface area contributed by atoms with Gasteiger partial charge in [-0.05, 0) is 90.0 Å². The van der Waals surface area contributed by atoms with Crippen LogP contribution in [0.25, 0.3) is 33.4 Å². The van der Waals surface area contributed by atoms with E-state index in [0.29, 0.717) is 0 Å². The van der Waals surface area contributed by atoms with Gasteiger partial charge in [0.2, 0.25) is 0 Å². The molecule has 0 saturated carbocycles. The number of fused-ring (bicyclic) bond motifs is 12. The van der Waals surface area contributed by atoms with Crippen LogP contribution in [0.3, 0.4) is 0 Å². The molecule has 1 aromatic heterocycles. The molecule has 0 bridgehead atoms. The first kappa shape index (κ1) is 24.0. The Labute approximate surface area is 257 Å². The smallest absolute Gasteiger partial charge is 0.0726 e.